The summed E-state index contributed by atoms with van der Waals surface area (Å²) in [6, 6.07) is 0. The Morgan fingerprint density at radius 3 is 1.06 bits per heavy atom. The van der Waals surface area contributed by atoms with Gasteiger partial charge in [-0.25, -0.2) is 0 Å². The fraction of sp³-hybridized carbons (Fsp3) is 0.913. The van der Waals surface area contributed by atoms with Crippen LogP contribution in [-0.4, -0.2) is 36.4 Å². The Bertz CT molecular complexity index is 735. The van der Waals surface area contributed by atoms with Crippen LogP contribution in [0.25, 0.3) is 0 Å². The average molecular weight is 721 g/mol. The lowest BCUT2D eigenvalue weighted by molar-refractivity contribution is -0.161. The van der Waals surface area contributed by atoms with Crippen LogP contribution in [0.4, 0.5) is 0 Å². The maximum atomic E-state index is 12.2. The molecule has 1 atom stereocenters. The Morgan fingerprint density at radius 1 is 0.431 bits per heavy atom. The molecule has 0 aromatic rings. The van der Waals surface area contributed by atoms with E-state index in [0.717, 1.165) is 32.1 Å². The van der Waals surface area contributed by atoms with Crippen LogP contribution in [0.2, 0.25) is 0 Å². The molecule has 0 heterocycles. The third kappa shape index (κ3) is 41.3. The van der Waals surface area contributed by atoms with Gasteiger partial charge in [0.1, 0.15) is 6.61 Å². The van der Waals surface area contributed by atoms with Crippen LogP contribution >= 0.6 is 0 Å². The van der Waals surface area contributed by atoms with Gasteiger partial charge in [-0.1, -0.05) is 212 Å². The summed E-state index contributed by atoms with van der Waals surface area (Å²) >= 11 is 0. The van der Waals surface area contributed by atoms with Gasteiger partial charge in [0.15, 0.2) is 6.10 Å². The zero-order chi connectivity index (χ0) is 37.1. The van der Waals surface area contributed by atoms with Crippen molar-refractivity contribution in [2.45, 2.75) is 258 Å². The van der Waals surface area contributed by atoms with E-state index >= 15 is 0 Å². The lowest BCUT2D eigenvalue weighted by atomic mass is 10.0. The molecule has 0 radical (unpaired) electrons. The first kappa shape index (κ1) is 49.6. The number of hydrogen-bond acceptors (Lipinski definition) is 5. The first-order valence-electron chi connectivity index (χ1n) is 22.7. The molecular formula is C46H88O5. The Kier molecular flexibility index (Phi) is 41.9. The third-order valence-electron chi connectivity index (χ3n) is 10.3. The molecule has 0 saturated heterocycles. The van der Waals surface area contributed by atoms with E-state index in [2.05, 4.69) is 26.0 Å². The molecule has 5 nitrogen and oxygen atoms in total. The molecule has 0 spiro atoms. The van der Waals surface area contributed by atoms with E-state index in [9.17, 15) is 14.7 Å². The van der Waals surface area contributed by atoms with E-state index in [4.69, 9.17) is 9.47 Å². The van der Waals surface area contributed by atoms with Crippen molar-refractivity contribution in [2.75, 3.05) is 13.2 Å². The van der Waals surface area contributed by atoms with Crippen LogP contribution in [0.15, 0.2) is 12.2 Å². The molecule has 0 amide bonds. The zero-order valence-corrected chi connectivity index (χ0v) is 34.4. The van der Waals surface area contributed by atoms with E-state index in [1.807, 2.05) is 0 Å². The van der Waals surface area contributed by atoms with Gasteiger partial charge < -0.3 is 14.6 Å². The maximum Gasteiger partial charge on any atom is 0.306 e. The van der Waals surface area contributed by atoms with E-state index in [1.165, 1.54) is 193 Å². The van der Waals surface area contributed by atoms with Gasteiger partial charge in [0, 0.05) is 12.8 Å². The summed E-state index contributed by atoms with van der Waals surface area (Å²) in [5.41, 5.74) is 0. The second-order valence-electron chi connectivity index (χ2n) is 15.5. The van der Waals surface area contributed by atoms with E-state index in [1.54, 1.807) is 0 Å². The van der Waals surface area contributed by atoms with Crippen molar-refractivity contribution in [1.82, 2.24) is 0 Å². The molecule has 0 aliphatic heterocycles. The molecule has 302 valence electrons. The maximum absolute atomic E-state index is 12.2. The minimum absolute atomic E-state index is 0.0599. The van der Waals surface area contributed by atoms with Crippen molar-refractivity contribution in [2.24, 2.45) is 0 Å². The minimum atomic E-state index is -0.766. The van der Waals surface area contributed by atoms with Crippen LogP contribution in [-0.2, 0) is 19.1 Å². The van der Waals surface area contributed by atoms with Crippen molar-refractivity contribution in [3.05, 3.63) is 12.2 Å². The van der Waals surface area contributed by atoms with Gasteiger partial charge in [-0.2, -0.15) is 0 Å². The fourth-order valence-electron chi connectivity index (χ4n) is 6.85. The fourth-order valence-corrected chi connectivity index (χ4v) is 6.85. The van der Waals surface area contributed by atoms with E-state index in [-0.39, 0.29) is 25.2 Å². The molecule has 0 unspecified atom stereocenters. The Labute approximate surface area is 318 Å². The highest BCUT2D eigenvalue weighted by atomic mass is 16.6. The van der Waals surface area contributed by atoms with E-state index in [0.29, 0.717) is 12.8 Å². The van der Waals surface area contributed by atoms with Crippen molar-refractivity contribution in [3.8, 4) is 0 Å². The number of rotatable bonds is 42. The molecule has 0 rings (SSSR count). The van der Waals surface area contributed by atoms with Crippen molar-refractivity contribution >= 4 is 11.9 Å². The predicted molar refractivity (Wildman–Crippen MR) is 219 cm³/mol. The van der Waals surface area contributed by atoms with Crippen LogP contribution in [0.3, 0.4) is 0 Å². The Morgan fingerprint density at radius 2 is 0.725 bits per heavy atom. The molecule has 0 fully saturated rings. The smallest absolute Gasteiger partial charge is 0.306 e. The van der Waals surface area contributed by atoms with Crippen LogP contribution in [0.1, 0.15) is 251 Å². The summed E-state index contributed by atoms with van der Waals surface area (Å²) in [5, 5.41) is 9.59. The summed E-state index contributed by atoms with van der Waals surface area (Å²) in [4.78, 5) is 24.3. The third-order valence-corrected chi connectivity index (χ3v) is 10.3. The average Bonchev–Trinajstić information content (AvgIpc) is 3.13. The number of esters is 2. The predicted octanol–water partition coefficient (Wildman–Crippen LogP) is 14.5. The highest BCUT2D eigenvalue weighted by Crippen LogP contribution is 2.16. The SMILES string of the molecule is CCCCCCCC/C=C\CCCCCCCCCCCC(=O)O[C@@H](CO)COC(=O)CCCCCCCCCCCCCCCCCCCC. The van der Waals surface area contributed by atoms with E-state index < -0.39 is 6.10 Å². The summed E-state index contributed by atoms with van der Waals surface area (Å²) in [7, 11) is 0. The minimum Gasteiger partial charge on any atom is -0.462 e. The number of carbonyl (C=O) groups excluding carboxylic acids is 2. The standard InChI is InChI=1S/C46H88O5/c1-3-5-7-9-11-13-15-17-19-21-23-25-27-29-31-33-35-37-39-41-46(49)51-44(42-47)43-50-45(48)40-38-36-34-32-30-28-26-24-22-20-18-16-14-12-10-8-6-4-2/h17,19,44,47H,3-16,18,20-43H2,1-2H3/b19-17-/t44-/m0/s1. The number of ether oxygens (including phenoxy) is 2. The monoisotopic (exact) mass is 721 g/mol. The quantitative estimate of drug-likeness (QED) is 0.0386. The highest BCUT2D eigenvalue weighted by Gasteiger charge is 2.16. The van der Waals surface area contributed by atoms with Crippen LogP contribution in [0, 0.1) is 0 Å². The first-order valence-corrected chi connectivity index (χ1v) is 22.7. The molecule has 1 N–H and O–H groups in total. The van der Waals surface area contributed by atoms with Crippen LogP contribution < -0.4 is 0 Å². The molecule has 0 saturated carbocycles. The number of aliphatic hydroxyl groups excluding tert-OH is 1. The molecule has 0 aliphatic carbocycles. The Hall–Kier alpha value is -1.36. The lowest BCUT2D eigenvalue weighted by Crippen LogP contribution is -2.28. The zero-order valence-electron chi connectivity index (χ0n) is 34.4. The molecular weight excluding hydrogens is 633 g/mol. The summed E-state index contributed by atoms with van der Waals surface area (Å²) in [6.07, 6.45) is 50.0. The second kappa shape index (κ2) is 43.0. The van der Waals surface area contributed by atoms with Gasteiger partial charge in [0.05, 0.1) is 6.61 Å². The number of allylic oxidation sites excluding steroid dienone is 2. The van der Waals surface area contributed by atoms with Gasteiger partial charge in [0.25, 0.3) is 0 Å². The summed E-state index contributed by atoms with van der Waals surface area (Å²) < 4.78 is 10.7. The lowest BCUT2D eigenvalue weighted by Gasteiger charge is -2.15. The number of hydrogen-bond donors (Lipinski definition) is 1. The van der Waals surface area contributed by atoms with Gasteiger partial charge in [-0.3, -0.25) is 9.59 Å². The van der Waals surface area contributed by atoms with Crippen molar-refractivity contribution in [1.29, 1.82) is 0 Å². The molecule has 0 aliphatic rings. The highest BCUT2D eigenvalue weighted by molar-refractivity contribution is 5.70. The first-order chi connectivity index (χ1) is 25.1. The van der Waals surface area contributed by atoms with Crippen molar-refractivity contribution < 1.29 is 24.2 Å². The number of carbonyl (C=O) groups is 2. The van der Waals surface area contributed by atoms with Gasteiger partial charge in [-0.05, 0) is 38.5 Å². The molecule has 0 aromatic heterocycles. The van der Waals surface area contributed by atoms with Gasteiger partial charge in [-0.15, -0.1) is 0 Å². The van der Waals surface area contributed by atoms with Gasteiger partial charge in [0.2, 0.25) is 0 Å². The largest absolute Gasteiger partial charge is 0.462 e. The van der Waals surface area contributed by atoms with Crippen LogP contribution in [0.5, 0.6) is 0 Å². The Balaban J connectivity index is 3.48. The molecule has 0 bridgehead atoms. The topological polar surface area (TPSA) is 72.8 Å². The van der Waals surface area contributed by atoms with Gasteiger partial charge >= 0.3 is 11.9 Å². The normalized spacial score (nSPS) is 12.1. The molecule has 0 aromatic carbocycles. The number of aliphatic hydroxyl groups is 1. The number of unbranched alkanes of at least 4 members (excludes halogenated alkanes) is 32. The van der Waals surface area contributed by atoms with Crippen molar-refractivity contribution in [3.63, 3.8) is 0 Å². The summed E-state index contributed by atoms with van der Waals surface area (Å²) in [5.74, 6) is -0.578. The summed E-state index contributed by atoms with van der Waals surface area (Å²) in [6.45, 7) is 4.17. The molecule has 51 heavy (non-hydrogen) atoms. The second-order valence-corrected chi connectivity index (χ2v) is 15.5. The molecule has 5 heteroatoms.